The minimum absolute atomic E-state index is 2.11. The summed E-state index contributed by atoms with van der Waals surface area (Å²) in [6.45, 7) is 0. The highest BCUT2D eigenvalue weighted by Crippen LogP contribution is 1.44. The summed E-state index contributed by atoms with van der Waals surface area (Å²) in [5, 5.41) is 0. The summed E-state index contributed by atoms with van der Waals surface area (Å²) in [7, 11) is 0. The normalized spacial score (nSPS) is 15.5. The average molecular weight is 84.1 g/mol. The van der Waals surface area contributed by atoms with Crippen LogP contribution in [0, 0.1) is 0 Å². The molecule has 0 aromatic carbocycles. The van der Waals surface area contributed by atoms with Crippen molar-refractivity contribution in [2.24, 2.45) is 0 Å². The Morgan fingerprint density at radius 1 is 2.00 bits per heavy atom. The van der Waals surface area contributed by atoms with Gasteiger partial charge in [-0.2, -0.15) is 8.76 Å². The predicted molar refractivity (Wildman–Crippen MR) is 15.5 cm³/mol. The van der Waals surface area contributed by atoms with Crippen LogP contribution in [0.3, 0.4) is 0 Å². The van der Waals surface area contributed by atoms with Crippen molar-refractivity contribution in [2.45, 2.75) is 0 Å². The van der Waals surface area contributed by atoms with Gasteiger partial charge in [-0.05, 0) is 0 Å². The van der Waals surface area contributed by atoms with Gasteiger partial charge in [-0.25, -0.2) is 0 Å². The lowest BCUT2D eigenvalue weighted by molar-refractivity contribution is 0.463. The van der Waals surface area contributed by atoms with Crippen LogP contribution in [0.1, 0.15) is 0 Å². The van der Waals surface area contributed by atoms with Crippen molar-refractivity contribution in [3.8, 4) is 0 Å². The first-order chi connectivity index (χ1) is 1.73. The summed E-state index contributed by atoms with van der Waals surface area (Å²) in [4.78, 5) is 0. The fourth-order valence-electron chi connectivity index (χ4n) is 0. The topological polar surface area (TPSA) is 64.5 Å². The van der Waals surface area contributed by atoms with Gasteiger partial charge < -0.3 is 0 Å². The third-order valence-corrected chi connectivity index (χ3v) is 0. The van der Waals surface area contributed by atoms with E-state index < -0.39 is 11.4 Å². The van der Waals surface area contributed by atoms with Gasteiger partial charge in [0.05, 0.1) is 0 Å². The molecule has 0 aromatic rings. The van der Waals surface area contributed by atoms with E-state index in [1.807, 2.05) is 0 Å². The van der Waals surface area contributed by atoms with E-state index in [2.05, 4.69) is 0 Å². The molecule has 0 saturated heterocycles. The van der Waals surface area contributed by atoms with Crippen LogP contribution in [0.5, 0.6) is 0 Å². The second kappa shape index (κ2) is 1.40. The van der Waals surface area contributed by atoms with Crippen LogP contribution in [-0.4, -0.2) is 13.3 Å². The third-order valence-electron chi connectivity index (χ3n) is 0. The fourth-order valence-corrected chi connectivity index (χ4v) is 0. The van der Waals surface area contributed by atoms with Gasteiger partial charge in [0.2, 0.25) is 0 Å². The van der Waals surface area contributed by atoms with E-state index in [-0.39, 0.29) is 0 Å². The molecule has 0 amide bonds. The van der Waals surface area contributed by atoms with Crippen molar-refractivity contribution in [3.63, 3.8) is 0 Å². The van der Waals surface area contributed by atoms with E-state index in [1.54, 1.807) is 0 Å². The van der Waals surface area contributed by atoms with Crippen molar-refractivity contribution < 1.29 is 13.3 Å². The zero-order chi connectivity index (χ0) is 3.58. The quantitative estimate of drug-likeness (QED) is 0.297. The highest BCUT2D eigenvalue weighted by atomic mass is 32.2. The van der Waals surface area contributed by atoms with Crippen LogP contribution in [0.2, 0.25) is 0 Å². The Bertz CT molecular complexity index is 26.3. The van der Waals surface area contributed by atoms with E-state index in [4.69, 9.17) is 13.3 Å². The smallest absolute Gasteiger partial charge is 0.283 e. The molecule has 0 aliphatic carbocycles. The molecule has 0 aliphatic rings. The maximum atomic E-state index is 7.31. The maximum absolute atomic E-state index is 7.31. The largest absolute Gasteiger partial charge is 0.657 e. The van der Waals surface area contributed by atoms with E-state index in [1.165, 1.54) is 0 Å². The van der Waals surface area contributed by atoms with Gasteiger partial charge >= 0.3 is 11.4 Å². The molecule has 3 nitrogen and oxygen atoms in total. The summed E-state index contributed by atoms with van der Waals surface area (Å²) < 4.78 is 20.3. The Balaban J connectivity index is 2.80. The van der Waals surface area contributed by atoms with Gasteiger partial charge in [0.25, 0.3) is 0 Å². The van der Waals surface area contributed by atoms with Gasteiger partial charge in [-0.15, -0.1) is 0 Å². The molecule has 0 rings (SSSR count). The standard InChI is InChI=1S/H2O3S/c1-4(2)3/h(H2,1,2,3)/p+2. The molecule has 1 unspecified atom stereocenters. The Morgan fingerprint density at radius 2 is 2.00 bits per heavy atom. The van der Waals surface area contributed by atoms with E-state index in [0.29, 0.717) is 0 Å². The number of hydrogen-bond donors (Lipinski definition) is 1. The summed E-state index contributed by atoms with van der Waals surface area (Å²) in [5.41, 5.74) is 0. The van der Waals surface area contributed by atoms with Crippen LogP contribution >= 0.6 is 0 Å². The molecule has 0 aliphatic heterocycles. The molecule has 26 valence electrons. The molecular formula is H4O3S+2. The molecule has 4 heteroatoms. The Kier molecular flexibility index (Phi) is 1.42. The van der Waals surface area contributed by atoms with Crippen molar-refractivity contribution in [1.29, 1.82) is 0 Å². The summed E-state index contributed by atoms with van der Waals surface area (Å²) >= 11 is -2.11. The lowest BCUT2D eigenvalue weighted by atomic mass is 15.8. The van der Waals surface area contributed by atoms with Gasteiger partial charge in [0, 0.05) is 0 Å². The lowest BCUT2D eigenvalue weighted by Gasteiger charge is -1.42. The zero-order valence-electron chi connectivity index (χ0n) is 1.80. The minimum Gasteiger partial charge on any atom is -0.283 e. The number of rotatable bonds is 0. The van der Waals surface area contributed by atoms with Crippen molar-refractivity contribution >= 4 is 11.4 Å². The first-order valence-electron chi connectivity index (χ1n) is 0.569. The molecule has 0 bridgehead atoms. The summed E-state index contributed by atoms with van der Waals surface area (Å²) in [6.07, 6.45) is 0. The van der Waals surface area contributed by atoms with Crippen molar-refractivity contribution in [2.75, 3.05) is 0 Å². The van der Waals surface area contributed by atoms with Crippen LogP contribution < -0.4 is 0 Å². The first-order valence-corrected chi connectivity index (χ1v) is 1.71. The van der Waals surface area contributed by atoms with E-state index in [9.17, 15) is 0 Å². The van der Waals surface area contributed by atoms with E-state index >= 15 is 0 Å². The Hall–Kier alpha value is 0.0700. The van der Waals surface area contributed by atoms with Crippen LogP contribution in [-0.2, 0) is 11.4 Å². The molecule has 0 fully saturated rings. The monoisotopic (exact) mass is 84.0 g/mol. The number of hydrogen-bond acceptors (Lipinski definition) is 0. The lowest BCUT2D eigenvalue weighted by Crippen LogP contribution is -1.73. The van der Waals surface area contributed by atoms with E-state index in [0.717, 1.165) is 0 Å². The summed E-state index contributed by atoms with van der Waals surface area (Å²) in [6, 6.07) is 0. The zero-order valence-corrected chi connectivity index (χ0v) is 2.62. The average Bonchev–Trinajstić information content (AvgIpc) is 0.811. The highest BCUT2D eigenvalue weighted by Gasteiger charge is 1.86. The van der Waals surface area contributed by atoms with Gasteiger partial charge in [0.15, 0.2) is 0 Å². The van der Waals surface area contributed by atoms with Gasteiger partial charge in [-0.3, -0.25) is 4.55 Å². The molecule has 0 saturated carbocycles. The van der Waals surface area contributed by atoms with Gasteiger partial charge in [-0.1, -0.05) is 0 Å². The highest BCUT2D eigenvalue weighted by molar-refractivity contribution is 7.73. The van der Waals surface area contributed by atoms with Crippen molar-refractivity contribution in [3.05, 3.63) is 0 Å². The first kappa shape index (κ1) is 4.07. The SMILES string of the molecule is OS(=[OH+])[OH2+]. The second-order valence-electron chi connectivity index (χ2n) is 0.264. The maximum Gasteiger partial charge on any atom is 0.657 e. The Labute approximate surface area is 25.8 Å². The molecule has 0 radical (unpaired) electrons. The molecule has 0 spiro atoms. The predicted octanol–water partition coefficient (Wildman–Crippen LogP) is -0.995. The van der Waals surface area contributed by atoms with Gasteiger partial charge in [0.1, 0.15) is 0 Å². The van der Waals surface area contributed by atoms with Crippen LogP contribution in [0.25, 0.3) is 0 Å². The second-order valence-corrected chi connectivity index (χ2v) is 0.793. The third kappa shape index (κ3) is 484. The molecule has 4 N–H and O–H groups in total. The Morgan fingerprint density at radius 3 is 2.00 bits per heavy atom. The fraction of sp³-hybridized carbons (Fsp3) is 0. The summed E-state index contributed by atoms with van der Waals surface area (Å²) in [5.74, 6) is 0. The molecule has 1 atom stereocenters. The van der Waals surface area contributed by atoms with Crippen LogP contribution in [0.4, 0.5) is 0 Å². The minimum atomic E-state index is -2.11. The molecular weight excluding hydrogens is 80.1 g/mol. The molecule has 4 heavy (non-hydrogen) atoms. The van der Waals surface area contributed by atoms with Crippen LogP contribution in [0.15, 0.2) is 0 Å². The van der Waals surface area contributed by atoms with Crippen molar-refractivity contribution in [1.82, 2.24) is 0 Å². The molecule has 0 heterocycles. The molecule has 0 aromatic heterocycles.